The molecule has 1 heterocycles. The number of nitrogens with two attached hydrogens (primary N) is 1. The highest BCUT2D eigenvalue weighted by Gasteiger charge is 2.21. The molecule has 0 atom stereocenters. The van der Waals surface area contributed by atoms with E-state index < -0.39 is 0 Å². The second-order valence-corrected chi connectivity index (χ2v) is 5.51. The first-order valence-corrected chi connectivity index (χ1v) is 5.69. The summed E-state index contributed by atoms with van der Waals surface area (Å²) in [5.41, 5.74) is 9.81. The van der Waals surface area contributed by atoms with E-state index in [1.807, 2.05) is 0 Å². The van der Waals surface area contributed by atoms with Gasteiger partial charge in [-0.2, -0.15) is 0 Å². The van der Waals surface area contributed by atoms with E-state index >= 15 is 0 Å². The molecule has 0 aliphatic heterocycles. The summed E-state index contributed by atoms with van der Waals surface area (Å²) in [6, 6.07) is 2.22. The molecule has 0 unspecified atom stereocenters. The molecule has 0 bridgehead atoms. The van der Waals surface area contributed by atoms with Crippen molar-refractivity contribution in [3.8, 4) is 0 Å². The zero-order chi connectivity index (χ0) is 11.8. The van der Waals surface area contributed by atoms with Gasteiger partial charge in [0.05, 0.1) is 0 Å². The summed E-state index contributed by atoms with van der Waals surface area (Å²) in [4.78, 5) is 0. The van der Waals surface area contributed by atoms with Gasteiger partial charge in [-0.05, 0) is 45.2 Å². The molecule has 0 aromatic carbocycles. The van der Waals surface area contributed by atoms with E-state index in [4.69, 9.17) is 5.73 Å². The SMILES string of the molecule is Cc1cc(C(C)(C)N)c(C)n1CC(C)C. The van der Waals surface area contributed by atoms with Crippen molar-refractivity contribution in [2.45, 2.75) is 53.6 Å². The van der Waals surface area contributed by atoms with Crippen LogP contribution in [0, 0.1) is 19.8 Å². The van der Waals surface area contributed by atoms with Gasteiger partial charge in [-0.15, -0.1) is 0 Å². The maximum Gasteiger partial charge on any atom is 0.0370 e. The Balaban J connectivity index is 3.15. The summed E-state index contributed by atoms with van der Waals surface area (Å²) in [6.07, 6.45) is 0. The third-order valence-electron chi connectivity index (χ3n) is 2.82. The van der Waals surface area contributed by atoms with Gasteiger partial charge >= 0.3 is 0 Å². The fraction of sp³-hybridized carbons (Fsp3) is 0.692. The summed E-state index contributed by atoms with van der Waals surface area (Å²) in [5.74, 6) is 0.670. The van der Waals surface area contributed by atoms with Crippen LogP contribution in [0.4, 0.5) is 0 Å². The average Bonchev–Trinajstić information content (AvgIpc) is 2.30. The minimum Gasteiger partial charge on any atom is -0.349 e. The van der Waals surface area contributed by atoms with Crippen LogP contribution in [0.25, 0.3) is 0 Å². The molecule has 86 valence electrons. The molecule has 0 spiro atoms. The van der Waals surface area contributed by atoms with E-state index in [1.165, 1.54) is 17.0 Å². The van der Waals surface area contributed by atoms with Crippen LogP contribution in [0.3, 0.4) is 0 Å². The molecule has 0 aliphatic rings. The lowest BCUT2D eigenvalue weighted by Gasteiger charge is -2.20. The van der Waals surface area contributed by atoms with Crippen molar-refractivity contribution in [1.82, 2.24) is 4.57 Å². The Morgan fingerprint density at radius 2 is 1.87 bits per heavy atom. The second-order valence-electron chi connectivity index (χ2n) is 5.51. The van der Waals surface area contributed by atoms with Crippen molar-refractivity contribution < 1.29 is 0 Å². The molecule has 2 nitrogen and oxygen atoms in total. The lowest BCUT2D eigenvalue weighted by molar-refractivity contribution is 0.499. The van der Waals surface area contributed by atoms with Crippen molar-refractivity contribution in [2.75, 3.05) is 0 Å². The van der Waals surface area contributed by atoms with Crippen LogP contribution < -0.4 is 5.73 Å². The van der Waals surface area contributed by atoms with Gasteiger partial charge in [-0.1, -0.05) is 13.8 Å². The van der Waals surface area contributed by atoms with E-state index in [9.17, 15) is 0 Å². The zero-order valence-electron chi connectivity index (χ0n) is 10.9. The number of aromatic nitrogens is 1. The van der Waals surface area contributed by atoms with Gasteiger partial charge in [-0.25, -0.2) is 0 Å². The Morgan fingerprint density at radius 1 is 1.33 bits per heavy atom. The predicted molar refractivity (Wildman–Crippen MR) is 66.0 cm³/mol. The molecule has 2 heteroatoms. The standard InChI is InChI=1S/C13H24N2/c1-9(2)8-15-10(3)7-12(11(15)4)13(5,6)14/h7,9H,8,14H2,1-6H3. The van der Waals surface area contributed by atoms with E-state index in [-0.39, 0.29) is 5.54 Å². The Kier molecular flexibility index (Phi) is 3.29. The predicted octanol–water partition coefficient (Wildman–Crippen LogP) is 2.95. The average molecular weight is 208 g/mol. The maximum atomic E-state index is 6.16. The van der Waals surface area contributed by atoms with Crippen LogP contribution in [-0.4, -0.2) is 4.57 Å². The molecule has 1 rings (SSSR count). The number of hydrogen-bond donors (Lipinski definition) is 1. The Labute approximate surface area is 93.5 Å². The summed E-state index contributed by atoms with van der Waals surface area (Å²) in [6.45, 7) is 14.0. The molecular formula is C13H24N2. The van der Waals surface area contributed by atoms with E-state index in [0.717, 1.165) is 6.54 Å². The van der Waals surface area contributed by atoms with E-state index in [0.29, 0.717) is 5.92 Å². The topological polar surface area (TPSA) is 30.9 Å². The van der Waals surface area contributed by atoms with Crippen molar-refractivity contribution >= 4 is 0 Å². The fourth-order valence-corrected chi connectivity index (χ4v) is 2.10. The number of nitrogens with zero attached hydrogens (tertiary/aromatic N) is 1. The second kappa shape index (κ2) is 4.01. The molecule has 0 saturated carbocycles. The van der Waals surface area contributed by atoms with Crippen LogP contribution in [0.2, 0.25) is 0 Å². The van der Waals surface area contributed by atoms with Crippen molar-refractivity contribution in [1.29, 1.82) is 0 Å². The highest BCUT2D eigenvalue weighted by Crippen LogP contribution is 2.25. The molecule has 0 saturated heterocycles. The van der Waals surface area contributed by atoms with Crippen molar-refractivity contribution in [2.24, 2.45) is 11.7 Å². The largest absolute Gasteiger partial charge is 0.349 e. The highest BCUT2D eigenvalue weighted by atomic mass is 15.0. The van der Waals surface area contributed by atoms with Crippen LogP contribution in [-0.2, 0) is 12.1 Å². The van der Waals surface area contributed by atoms with Crippen LogP contribution in [0.1, 0.15) is 44.6 Å². The van der Waals surface area contributed by atoms with Crippen molar-refractivity contribution in [3.05, 3.63) is 23.0 Å². The third kappa shape index (κ3) is 2.63. The van der Waals surface area contributed by atoms with Gasteiger partial charge in [0.15, 0.2) is 0 Å². The van der Waals surface area contributed by atoms with E-state index in [2.05, 4.69) is 52.2 Å². The lowest BCUT2D eigenvalue weighted by atomic mass is 9.96. The van der Waals surface area contributed by atoms with Gasteiger partial charge in [-0.3, -0.25) is 0 Å². The number of hydrogen-bond acceptors (Lipinski definition) is 1. The van der Waals surface area contributed by atoms with Gasteiger partial charge in [0.1, 0.15) is 0 Å². The lowest BCUT2D eigenvalue weighted by Crippen LogP contribution is -2.29. The van der Waals surface area contributed by atoms with Gasteiger partial charge in [0, 0.05) is 23.5 Å². The van der Waals surface area contributed by atoms with Gasteiger partial charge < -0.3 is 10.3 Å². The minimum absolute atomic E-state index is 0.239. The van der Waals surface area contributed by atoms with Crippen molar-refractivity contribution in [3.63, 3.8) is 0 Å². The molecule has 0 amide bonds. The summed E-state index contributed by atoms with van der Waals surface area (Å²) < 4.78 is 2.37. The zero-order valence-corrected chi connectivity index (χ0v) is 10.9. The van der Waals surface area contributed by atoms with Crippen LogP contribution >= 0.6 is 0 Å². The summed E-state index contributed by atoms with van der Waals surface area (Å²) >= 11 is 0. The van der Waals surface area contributed by atoms with Gasteiger partial charge in [0.2, 0.25) is 0 Å². The summed E-state index contributed by atoms with van der Waals surface area (Å²) in [5, 5.41) is 0. The first kappa shape index (κ1) is 12.3. The minimum atomic E-state index is -0.239. The summed E-state index contributed by atoms with van der Waals surface area (Å²) in [7, 11) is 0. The van der Waals surface area contributed by atoms with Crippen LogP contribution in [0.5, 0.6) is 0 Å². The molecule has 0 aliphatic carbocycles. The molecule has 15 heavy (non-hydrogen) atoms. The highest BCUT2D eigenvalue weighted by molar-refractivity contribution is 5.32. The first-order chi connectivity index (χ1) is 6.73. The molecule has 0 radical (unpaired) electrons. The monoisotopic (exact) mass is 208 g/mol. The number of rotatable bonds is 3. The fourth-order valence-electron chi connectivity index (χ4n) is 2.10. The Hall–Kier alpha value is -0.760. The smallest absolute Gasteiger partial charge is 0.0370 e. The first-order valence-electron chi connectivity index (χ1n) is 5.69. The quantitative estimate of drug-likeness (QED) is 0.813. The third-order valence-corrected chi connectivity index (χ3v) is 2.82. The van der Waals surface area contributed by atoms with Gasteiger partial charge in [0.25, 0.3) is 0 Å². The maximum absolute atomic E-state index is 6.16. The molecule has 1 aromatic rings. The molecular weight excluding hydrogens is 184 g/mol. The Morgan fingerprint density at radius 3 is 2.20 bits per heavy atom. The molecule has 0 fully saturated rings. The molecule has 2 N–H and O–H groups in total. The Bertz CT molecular complexity index is 340. The molecule has 1 aromatic heterocycles. The van der Waals surface area contributed by atoms with E-state index in [1.54, 1.807) is 0 Å². The van der Waals surface area contributed by atoms with Crippen LogP contribution in [0.15, 0.2) is 6.07 Å². The normalized spacial score (nSPS) is 12.5. The number of aryl methyl sites for hydroxylation is 1.